The largest absolute Gasteiger partial charge is 0.507 e. The Bertz CT molecular complexity index is 1820. The third-order valence-electron chi connectivity index (χ3n) is 8.83. The molecule has 212 valence electrons. The van der Waals surface area contributed by atoms with Gasteiger partial charge in [-0.1, -0.05) is 78.9 Å². The summed E-state index contributed by atoms with van der Waals surface area (Å²) in [5.74, 6) is -3.71. The van der Waals surface area contributed by atoms with E-state index in [1.807, 2.05) is 78.9 Å². The number of amides is 3. The SMILES string of the molecule is O=C(N/N=C\C12c3ccccc3C(c3ccccc31)[C@H]1C(=O)N(Cc3ccccc3)C(=O)[C@@H]12)c1cc([N+](=O)[O-])ccc1O. The topological polar surface area (TPSA) is 142 Å². The summed E-state index contributed by atoms with van der Waals surface area (Å²) in [6, 6.07) is 27.8. The van der Waals surface area contributed by atoms with Gasteiger partial charge in [0.15, 0.2) is 0 Å². The Morgan fingerprint density at radius 3 is 2.21 bits per heavy atom. The quantitative estimate of drug-likeness (QED) is 0.153. The third kappa shape index (κ3) is 3.79. The maximum atomic E-state index is 14.3. The Labute approximate surface area is 245 Å². The molecule has 0 radical (unpaired) electrons. The first-order valence-corrected chi connectivity index (χ1v) is 13.7. The number of hydrazone groups is 1. The first-order valence-electron chi connectivity index (χ1n) is 13.7. The minimum Gasteiger partial charge on any atom is -0.507 e. The molecule has 8 rings (SSSR count). The maximum Gasteiger partial charge on any atom is 0.275 e. The average molecular weight is 573 g/mol. The van der Waals surface area contributed by atoms with Crippen LogP contribution in [-0.4, -0.2) is 38.9 Å². The van der Waals surface area contributed by atoms with Crippen molar-refractivity contribution in [3.8, 4) is 5.75 Å². The van der Waals surface area contributed by atoms with E-state index in [-0.39, 0.29) is 35.5 Å². The second kappa shape index (κ2) is 9.73. The first kappa shape index (κ1) is 26.3. The number of imide groups is 1. The molecule has 10 nitrogen and oxygen atoms in total. The van der Waals surface area contributed by atoms with Crippen molar-refractivity contribution in [2.45, 2.75) is 17.9 Å². The van der Waals surface area contributed by atoms with Gasteiger partial charge in [0.25, 0.3) is 11.6 Å². The number of nitrogens with one attached hydrogen (secondary N) is 1. The van der Waals surface area contributed by atoms with E-state index in [1.165, 1.54) is 11.1 Å². The summed E-state index contributed by atoms with van der Waals surface area (Å²) in [4.78, 5) is 53.3. The molecule has 2 bridgehead atoms. The van der Waals surface area contributed by atoms with E-state index < -0.39 is 33.8 Å². The van der Waals surface area contributed by atoms with E-state index in [4.69, 9.17) is 0 Å². The number of hydrogen-bond donors (Lipinski definition) is 2. The summed E-state index contributed by atoms with van der Waals surface area (Å²) in [5.41, 5.74) is 4.81. The highest BCUT2D eigenvalue weighted by Gasteiger charge is 2.67. The molecule has 4 aromatic carbocycles. The van der Waals surface area contributed by atoms with Crippen LogP contribution in [0.5, 0.6) is 5.75 Å². The average Bonchev–Trinajstić information content (AvgIpc) is 3.27. The molecular weight excluding hydrogens is 548 g/mol. The monoisotopic (exact) mass is 572 g/mol. The molecule has 3 aliphatic carbocycles. The smallest absolute Gasteiger partial charge is 0.275 e. The number of nitrogens with zero attached hydrogens (tertiary/aromatic N) is 3. The second-order valence-corrected chi connectivity index (χ2v) is 10.9. The van der Waals surface area contributed by atoms with Gasteiger partial charge in [0.1, 0.15) is 5.75 Å². The van der Waals surface area contributed by atoms with Crippen molar-refractivity contribution >= 4 is 29.6 Å². The minimum atomic E-state index is -1.19. The Morgan fingerprint density at radius 1 is 0.930 bits per heavy atom. The van der Waals surface area contributed by atoms with E-state index in [9.17, 15) is 29.6 Å². The number of carbonyl (C=O) groups is 3. The number of carbonyl (C=O) groups excluding carboxylic acids is 3. The molecule has 0 aromatic heterocycles. The van der Waals surface area contributed by atoms with Crippen LogP contribution in [0, 0.1) is 22.0 Å². The van der Waals surface area contributed by atoms with Crippen molar-refractivity contribution in [1.29, 1.82) is 0 Å². The summed E-state index contributed by atoms with van der Waals surface area (Å²) in [6.07, 6.45) is 1.50. The maximum absolute atomic E-state index is 14.3. The number of phenolic OH excluding ortho intramolecular Hbond substituents is 1. The molecule has 3 amide bonds. The minimum absolute atomic E-state index is 0.140. The van der Waals surface area contributed by atoms with Gasteiger partial charge in [-0.3, -0.25) is 29.4 Å². The summed E-state index contributed by atoms with van der Waals surface area (Å²) in [5, 5.41) is 25.7. The van der Waals surface area contributed by atoms with E-state index in [1.54, 1.807) is 0 Å². The zero-order valence-electron chi connectivity index (χ0n) is 22.6. The lowest BCUT2D eigenvalue weighted by Gasteiger charge is -2.52. The van der Waals surface area contributed by atoms with E-state index >= 15 is 0 Å². The Hall–Kier alpha value is -5.64. The zero-order chi connectivity index (χ0) is 29.9. The number of benzene rings is 4. The molecule has 10 heteroatoms. The van der Waals surface area contributed by atoms with Gasteiger partial charge in [-0.25, -0.2) is 5.43 Å². The standard InChI is InChI=1S/C33H24N4O6/c38-26-15-14-20(37(42)43)16-23(26)30(39)35-34-18-33-24-12-6-4-10-21(24)27(22-11-5-7-13-25(22)33)28-29(33)32(41)36(31(28)40)17-19-8-2-1-3-9-19/h1-16,18,27-29,38H,17H2,(H,35,39)/b34-18-/t27?,28-,29-,33?/m1/s1. The number of rotatable bonds is 6. The van der Waals surface area contributed by atoms with Gasteiger partial charge in [-0.2, -0.15) is 5.10 Å². The summed E-state index contributed by atoms with van der Waals surface area (Å²) >= 11 is 0. The molecule has 1 aliphatic heterocycles. The fourth-order valence-corrected chi connectivity index (χ4v) is 7.10. The number of nitro benzene ring substituents is 1. The predicted octanol–water partition coefficient (Wildman–Crippen LogP) is 4.26. The van der Waals surface area contributed by atoms with Crippen molar-refractivity contribution in [3.05, 3.63) is 141 Å². The number of aromatic hydroxyl groups is 1. The van der Waals surface area contributed by atoms with Gasteiger partial charge in [-0.15, -0.1) is 0 Å². The van der Waals surface area contributed by atoms with E-state index in [0.717, 1.165) is 46.0 Å². The van der Waals surface area contributed by atoms with Crippen LogP contribution in [0.15, 0.2) is 102 Å². The number of nitro groups is 1. The van der Waals surface area contributed by atoms with Gasteiger partial charge >= 0.3 is 0 Å². The van der Waals surface area contributed by atoms with Crippen molar-refractivity contribution in [2.75, 3.05) is 0 Å². The van der Waals surface area contributed by atoms with Crippen LogP contribution in [0.3, 0.4) is 0 Å². The molecule has 0 saturated carbocycles. The zero-order valence-corrected chi connectivity index (χ0v) is 22.6. The van der Waals surface area contributed by atoms with Crippen LogP contribution >= 0.6 is 0 Å². The van der Waals surface area contributed by atoms with E-state index in [0.29, 0.717) is 0 Å². The number of hydrogen-bond acceptors (Lipinski definition) is 7. The molecule has 1 fully saturated rings. The number of likely N-dealkylation sites (tertiary alicyclic amines) is 1. The van der Waals surface area contributed by atoms with Crippen LogP contribution in [0.25, 0.3) is 0 Å². The summed E-state index contributed by atoms with van der Waals surface area (Å²) in [6.45, 7) is 0.140. The second-order valence-electron chi connectivity index (χ2n) is 10.9. The molecule has 4 aromatic rings. The molecule has 0 unspecified atom stereocenters. The molecule has 1 heterocycles. The summed E-state index contributed by atoms with van der Waals surface area (Å²) in [7, 11) is 0. The molecule has 2 atom stereocenters. The molecule has 43 heavy (non-hydrogen) atoms. The van der Waals surface area contributed by atoms with Crippen LogP contribution in [0.2, 0.25) is 0 Å². The highest BCUT2D eigenvalue weighted by molar-refractivity contribution is 6.11. The normalized spacial score (nSPS) is 23.2. The third-order valence-corrected chi connectivity index (χ3v) is 8.83. The Kier molecular flexibility index (Phi) is 5.94. The lowest BCUT2D eigenvalue weighted by molar-refractivity contribution is -0.384. The van der Waals surface area contributed by atoms with Crippen LogP contribution < -0.4 is 5.43 Å². The number of non-ortho nitro benzene ring substituents is 1. The molecule has 4 aliphatic rings. The van der Waals surface area contributed by atoms with Gasteiger partial charge in [0.05, 0.1) is 34.3 Å². The Balaban J connectivity index is 1.35. The van der Waals surface area contributed by atoms with Crippen LogP contribution in [-0.2, 0) is 21.5 Å². The predicted molar refractivity (Wildman–Crippen MR) is 155 cm³/mol. The molecule has 0 spiro atoms. The van der Waals surface area contributed by atoms with Crippen molar-refractivity contribution < 1.29 is 24.4 Å². The summed E-state index contributed by atoms with van der Waals surface area (Å²) < 4.78 is 0. The lowest BCUT2D eigenvalue weighted by atomic mass is 9.47. The highest BCUT2D eigenvalue weighted by Crippen LogP contribution is 2.63. The molecular formula is C33H24N4O6. The van der Waals surface area contributed by atoms with Crippen LogP contribution in [0.1, 0.15) is 44.1 Å². The fraction of sp³-hybridized carbons (Fsp3) is 0.152. The highest BCUT2D eigenvalue weighted by atomic mass is 16.6. The van der Waals surface area contributed by atoms with Crippen LogP contribution in [0.4, 0.5) is 5.69 Å². The van der Waals surface area contributed by atoms with E-state index in [2.05, 4.69) is 10.5 Å². The molecule has 2 N–H and O–H groups in total. The molecule has 1 saturated heterocycles. The lowest BCUT2D eigenvalue weighted by Crippen LogP contribution is -2.54. The van der Waals surface area contributed by atoms with Crippen molar-refractivity contribution in [3.63, 3.8) is 0 Å². The van der Waals surface area contributed by atoms with Gasteiger partial charge in [-0.05, 0) is 33.9 Å². The van der Waals surface area contributed by atoms with Crippen molar-refractivity contribution in [2.24, 2.45) is 16.9 Å². The first-order chi connectivity index (χ1) is 20.8. The van der Waals surface area contributed by atoms with Crippen molar-refractivity contribution in [1.82, 2.24) is 10.3 Å². The fourth-order valence-electron chi connectivity index (χ4n) is 7.10. The Morgan fingerprint density at radius 2 is 1.56 bits per heavy atom. The number of phenols is 1. The van der Waals surface area contributed by atoms with Gasteiger partial charge in [0.2, 0.25) is 11.8 Å². The van der Waals surface area contributed by atoms with Gasteiger partial charge < -0.3 is 5.11 Å². The van der Waals surface area contributed by atoms with Gasteiger partial charge in [0, 0.05) is 24.3 Å².